The Labute approximate surface area is 142 Å². The van der Waals surface area contributed by atoms with Gasteiger partial charge in [0.1, 0.15) is 0 Å². The Hall–Kier alpha value is -2.06. The van der Waals surface area contributed by atoms with Crippen LogP contribution >= 0.6 is 23.1 Å². The summed E-state index contributed by atoms with van der Waals surface area (Å²) < 4.78 is 4.86. The van der Waals surface area contributed by atoms with Crippen LogP contribution in [0.15, 0.2) is 34.5 Å². The average Bonchev–Trinajstić information content (AvgIpc) is 2.93. The number of nitrogen functional groups attached to an aromatic ring is 1. The number of hydrogen-bond donors (Lipinski definition) is 2. The van der Waals surface area contributed by atoms with Gasteiger partial charge in [0.2, 0.25) is 5.91 Å². The van der Waals surface area contributed by atoms with Gasteiger partial charge in [0.25, 0.3) is 0 Å². The molecule has 1 heterocycles. The second-order valence-electron chi connectivity index (χ2n) is 4.50. The maximum Gasteiger partial charge on any atom is 0.311 e. The summed E-state index contributed by atoms with van der Waals surface area (Å²) in [6, 6.07) is 7.38. The van der Waals surface area contributed by atoms with E-state index in [9.17, 15) is 9.59 Å². The molecule has 0 unspecified atom stereocenters. The molecule has 0 bridgehead atoms. The summed E-state index contributed by atoms with van der Waals surface area (Å²) in [4.78, 5) is 28.4. The minimum Gasteiger partial charge on any atom is -0.466 e. The third kappa shape index (κ3) is 5.57. The number of rotatable bonds is 7. The smallest absolute Gasteiger partial charge is 0.311 e. The van der Waals surface area contributed by atoms with Gasteiger partial charge in [0.15, 0.2) is 5.13 Å². The monoisotopic (exact) mass is 351 g/mol. The van der Waals surface area contributed by atoms with Crippen molar-refractivity contribution in [3.63, 3.8) is 0 Å². The van der Waals surface area contributed by atoms with Gasteiger partial charge in [-0.1, -0.05) is 12.1 Å². The molecule has 0 spiro atoms. The predicted octanol–water partition coefficient (Wildman–Crippen LogP) is 2.56. The van der Waals surface area contributed by atoms with E-state index in [-0.39, 0.29) is 24.1 Å². The van der Waals surface area contributed by atoms with E-state index in [1.165, 1.54) is 23.1 Å². The zero-order valence-electron chi connectivity index (χ0n) is 12.6. The van der Waals surface area contributed by atoms with Crippen molar-refractivity contribution in [3.8, 4) is 0 Å². The van der Waals surface area contributed by atoms with E-state index < -0.39 is 0 Å². The number of hydrogen-bond acceptors (Lipinski definition) is 7. The van der Waals surface area contributed by atoms with Crippen LogP contribution in [0.4, 0.5) is 10.8 Å². The van der Waals surface area contributed by atoms with Crippen LogP contribution in [0.2, 0.25) is 0 Å². The van der Waals surface area contributed by atoms with Gasteiger partial charge in [-0.15, -0.1) is 23.1 Å². The molecule has 122 valence electrons. The predicted molar refractivity (Wildman–Crippen MR) is 92.7 cm³/mol. The quantitative estimate of drug-likeness (QED) is 0.452. The molecular weight excluding hydrogens is 334 g/mol. The molecule has 1 aromatic heterocycles. The lowest BCUT2D eigenvalue weighted by molar-refractivity contribution is -0.142. The lowest BCUT2D eigenvalue weighted by Gasteiger charge is -2.04. The number of thioether (sulfide) groups is 1. The van der Waals surface area contributed by atoms with Crippen LogP contribution in [0.3, 0.4) is 0 Å². The van der Waals surface area contributed by atoms with Crippen molar-refractivity contribution in [2.45, 2.75) is 18.2 Å². The molecule has 0 aliphatic carbocycles. The first-order valence-corrected chi connectivity index (χ1v) is 8.82. The number of carbonyl (C=O) groups excluding carboxylic acids is 2. The molecule has 0 saturated heterocycles. The van der Waals surface area contributed by atoms with Gasteiger partial charge < -0.3 is 15.8 Å². The van der Waals surface area contributed by atoms with E-state index in [2.05, 4.69) is 10.3 Å². The summed E-state index contributed by atoms with van der Waals surface area (Å²) in [5.74, 6) is -0.262. The number of nitrogens with zero attached hydrogens (tertiary/aromatic N) is 1. The fourth-order valence-electron chi connectivity index (χ4n) is 1.72. The highest BCUT2D eigenvalue weighted by atomic mass is 32.2. The van der Waals surface area contributed by atoms with Gasteiger partial charge >= 0.3 is 5.97 Å². The Morgan fingerprint density at radius 1 is 1.39 bits per heavy atom. The summed E-state index contributed by atoms with van der Waals surface area (Å²) in [5.41, 5.74) is 7.06. The van der Waals surface area contributed by atoms with Crippen molar-refractivity contribution in [2.24, 2.45) is 0 Å². The molecule has 0 atom stereocenters. The molecule has 1 aromatic carbocycles. The number of aromatic nitrogens is 1. The fraction of sp³-hybridized carbons (Fsp3) is 0.267. The van der Waals surface area contributed by atoms with Gasteiger partial charge in [-0.3, -0.25) is 9.59 Å². The van der Waals surface area contributed by atoms with Crippen LogP contribution in [-0.4, -0.2) is 29.2 Å². The van der Waals surface area contributed by atoms with Gasteiger partial charge in [0.05, 0.1) is 24.5 Å². The summed E-state index contributed by atoms with van der Waals surface area (Å²) in [5, 5.41) is 4.91. The van der Waals surface area contributed by atoms with Crippen molar-refractivity contribution < 1.29 is 14.3 Å². The molecule has 1 amide bonds. The van der Waals surface area contributed by atoms with Crippen molar-refractivity contribution in [1.82, 2.24) is 4.98 Å². The molecule has 2 rings (SSSR count). The number of amides is 1. The van der Waals surface area contributed by atoms with Crippen LogP contribution in [0.25, 0.3) is 0 Å². The molecule has 3 N–H and O–H groups in total. The highest BCUT2D eigenvalue weighted by Crippen LogP contribution is 2.24. The largest absolute Gasteiger partial charge is 0.466 e. The van der Waals surface area contributed by atoms with Crippen LogP contribution in [0.1, 0.15) is 12.6 Å². The summed E-state index contributed by atoms with van der Waals surface area (Å²) in [6.45, 7) is 2.09. The van der Waals surface area contributed by atoms with Gasteiger partial charge in [0, 0.05) is 16.0 Å². The second kappa shape index (κ2) is 8.54. The first kappa shape index (κ1) is 17.3. The Kier molecular flexibility index (Phi) is 6.42. The molecule has 2 aromatic rings. The van der Waals surface area contributed by atoms with Crippen molar-refractivity contribution in [3.05, 3.63) is 35.3 Å². The third-order valence-electron chi connectivity index (χ3n) is 2.71. The summed E-state index contributed by atoms with van der Waals surface area (Å²) in [7, 11) is 0. The number of nitrogens with one attached hydrogen (secondary N) is 1. The Bertz CT molecular complexity index is 688. The summed E-state index contributed by atoms with van der Waals surface area (Å²) >= 11 is 2.64. The first-order valence-electron chi connectivity index (χ1n) is 6.95. The Morgan fingerprint density at radius 3 is 2.91 bits per heavy atom. The first-order chi connectivity index (χ1) is 11.1. The molecule has 0 aliphatic rings. The maximum atomic E-state index is 11.9. The number of para-hydroxylation sites is 1. The standard InChI is InChI=1S/C15H17N3O3S2/c1-2-21-14(20)7-10-8-23-15(17-10)18-13(19)9-22-12-6-4-3-5-11(12)16/h3-6,8H,2,7,9,16H2,1H3,(H,17,18,19). The summed E-state index contributed by atoms with van der Waals surface area (Å²) in [6.07, 6.45) is 0.107. The van der Waals surface area contributed by atoms with Gasteiger partial charge in [-0.25, -0.2) is 4.98 Å². The lowest BCUT2D eigenvalue weighted by Crippen LogP contribution is -2.14. The van der Waals surface area contributed by atoms with E-state index in [0.717, 1.165) is 4.90 Å². The fourth-order valence-corrected chi connectivity index (χ4v) is 3.21. The Balaban J connectivity index is 1.82. The molecule has 0 aliphatic heterocycles. The third-order valence-corrected chi connectivity index (χ3v) is 4.60. The van der Waals surface area contributed by atoms with Gasteiger partial charge in [-0.2, -0.15) is 0 Å². The minimum absolute atomic E-state index is 0.107. The van der Waals surface area contributed by atoms with Crippen LogP contribution in [0.5, 0.6) is 0 Å². The topological polar surface area (TPSA) is 94.3 Å². The molecule has 0 saturated carbocycles. The van der Waals surface area contributed by atoms with Crippen LogP contribution in [0, 0.1) is 0 Å². The van der Waals surface area contributed by atoms with E-state index in [4.69, 9.17) is 10.5 Å². The highest BCUT2D eigenvalue weighted by molar-refractivity contribution is 8.00. The Morgan fingerprint density at radius 2 is 2.17 bits per heavy atom. The average molecular weight is 351 g/mol. The van der Waals surface area contributed by atoms with Gasteiger partial charge in [-0.05, 0) is 19.1 Å². The molecule has 23 heavy (non-hydrogen) atoms. The lowest BCUT2D eigenvalue weighted by atomic mass is 10.3. The van der Waals surface area contributed by atoms with E-state index in [1.54, 1.807) is 18.4 Å². The number of anilines is 2. The van der Waals surface area contributed by atoms with Crippen molar-refractivity contribution in [1.29, 1.82) is 0 Å². The molecule has 8 heteroatoms. The zero-order chi connectivity index (χ0) is 16.7. The number of nitrogens with two attached hydrogens (primary N) is 1. The van der Waals surface area contributed by atoms with Crippen LogP contribution < -0.4 is 11.1 Å². The zero-order valence-corrected chi connectivity index (χ0v) is 14.2. The van der Waals surface area contributed by atoms with Crippen molar-refractivity contribution >= 4 is 45.8 Å². The van der Waals surface area contributed by atoms with E-state index in [1.807, 2.05) is 18.2 Å². The maximum absolute atomic E-state index is 11.9. The number of ether oxygens (including phenoxy) is 1. The van der Waals surface area contributed by atoms with Crippen LogP contribution in [-0.2, 0) is 20.7 Å². The number of carbonyl (C=O) groups is 2. The molecule has 0 fully saturated rings. The normalized spacial score (nSPS) is 10.3. The molecular formula is C15H17N3O3S2. The highest BCUT2D eigenvalue weighted by Gasteiger charge is 2.11. The number of benzene rings is 1. The number of esters is 1. The second-order valence-corrected chi connectivity index (χ2v) is 6.38. The SMILES string of the molecule is CCOC(=O)Cc1csc(NC(=O)CSc2ccccc2N)n1. The van der Waals surface area contributed by atoms with Crippen molar-refractivity contribution in [2.75, 3.05) is 23.4 Å². The minimum atomic E-state index is -0.328. The molecule has 0 radical (unpaired) electrons. The van der Waals surface area contributed by atoms with E-state index in [0.29, 0.717) is 23.1 Å². The molecule has 6 nitrogen and oxygen atoms in total. The number of thiazole rings is 1. The van der Waals surface area contributed by atoms with E-state index >= 15 is 0 Å².